The van der Waals surface area contributed by atoms with Crippen molar-refractivity contribution in [2.24, 2.45) is 11.8 Å². The van der Waals surface area contributed by atoms with Crippen LogP contribution < -0.4 is 9.80 Å². The first kappa shape index (κ1) is 35.2. The van der Waals surface area contributed by atoms with Crippen LogP contribution in [0.25, 0.3) is 12.2 Å². The van der Waals surface area contributed by atoms with Gasteiger partial charge >= 0.3 is 23.9 Å². The molecule has 4 aliphatic rings. The molecule has 0 amide bonds. The summed E-state index contributed by atoms with van der Waals surface area (Å²) in [6, 6.07) is 15.4. The van der Waals surface area contributed by atoms with Crippen LogP contribution in [0.3, 0.4) is 0 Å². The monoisotopic (exact) mass is 684 g/mol. The highest BCUT2D eigenvalue weighted by atomic mass is 16.8. The summed E-state index contributed by atoms with van der Waals surface area (Å²) < 4.78 is 23.3. The third-order valence-electron chi connectivity index (χ3n) is 10.9. The van der Waals surface area contributed by atoms with Crippen molar-refractivity contribution in [2.75, 3.05) is 36.0 Å². The fraction of sp³-hybridized carbons (Fsp3) is 0.500. The molecule has 0 atom stereocenters. The van der Waals surface area contributed by atoms with Gasteiger partial charge in [0.15, 0.2) is 0 Å². The van der Waals surface area contributed by atoms with E-state index in [2.05, 4.69) is 37.5 Å². The number of esters is 4. The Bertz CT molecular complexity index is 1470. The van der Waals surface area contributed by atoms with Gasteiger partial charge in [-0.2, -0.15) is 0 Å². The van der Waals surface area contributed by atoms with Crippen molar-refractivity contribution in [3.63, 3.8) is 0 Å². The SMILES string of the molecule is CCN(CC)c1ccc(C=C2C(=O)OC3(CCC(C4CCC5(CC4)OC(=O)C(=Cc4ccc(N(CC)CC)cc4)C(=O)O5)CC3)OC2=O)cc1. The van der Waals surface area contributed by atoms with Crippen LogP contribution in [0.4, 0.5) is 11.4 Å². The van der Waals surface area contributed by atoms with Gasteiger partial charge in [0.1, 0.15) is 11.1 Å². The quantitative estimate of drug-likeness (QED) is 0.159. The Labute approximate surface area is 294 Å². The number of rotatable bonds is 9. The molecule has 2 aromatic carbocycles. The Morgan fingerprint density at radius 2 is 0.800 bits per heavy atom. The van der Waals surface area contributed by atoms with Crippen LogP contribution in [0, 0.1) is 11.8 Å². The average Bonchev–Trinajstić information content (AvgIpc) is 3.11. The molecule has 4 fully saturated rings. The Balaban J connectivity index is 1.01. The second-order valence-electron chi connectivity index (χ2n) is 13.7. The van der Waals surface area contributed by atoms with Gasteiger partial charge in [0.25, 0.3) is 11.6 Å². The van der Waals surface area contributed by atoms with Crippen LogP contribution >= 0.6 is 0 Å². The zero-order chi connectivity index (χ0) is 35.5. The summed E-state index contributed by atoms with van der Waals surface area (Å²) in [5.41, 5.74) is 3.39. The Kier molecular flexibility index (Phi) is 10.4. The standard InChI is InChI=1S/C40H48N2O8/c1-5-41(6-2)31-13-9-27(10-14-31)25-33-35(43)47-39(48-36(33)44)21-17-29(18-22-39)30-19-23-40(24-20-30)49-37(45)34(38(46)50-40)26-28-11-15-32(16-12-28)42(7-3)8-4/h9-16,25-26,29-30H,5-8,17-24H2,1-4H3. The molecular formula is C40H48N2O8. The average molecular weight is 685 g/mol. The molecule has 2 heterocycles. The van der Waals surface area contributed by atoms with Gasteiger partial charge in [0.2, 0.25) is 0 Å². The molecule has 10 heteroatoms. The minimum Gasteiger partial charge on any atom is -0.419 e. The van der Waals surface area contributed by atoms with Gasteiger partial charge in [-0.1, -0.05) is 24.3 Å². The molecule has 0 bridgehead atoms. The van der Waals surface area contributed by atoms with Crippen molar-refractivity contribution >= 4 is 47.4 Å². The van der Waals surface area contributed by atoms with Gasteiger partial charge in [0.05, 0.1) is 0 Å². The molecule has 10 nitrogen and oxygen atoms in total. The van der Waals surface area contributed by atoms with E-state index in [1.807, 2.05) is 48.5 Å². The molecule has 50 heavy (non-hydrogen) atoms. The molecule has 2 aliphatic heterocycles. The predicted octanol–water partition coefficient (Wildman–Crippen LogP) is 6.82. The lowest BCUT2D eigenvalue weighted by Gasteiger charge is -2.46. The summed E-state index contributed by atoms with van der Waals surface area (Å²) in [6.45, 7) is 11.9. The smallest absolute Gasteiger partial charge is 0.348 e. The third-order valence-corrected chi connectivity index (χ3v) is 10.9. The fourth-order valence-electron chi connectivity index (χ4n) is 7.92. The van der Waals surface area contributed by atoms with Crippen LogP contribution in [0.2, 0.25) is 0 Å². The number of nitrogens with zero attached hydrogens (tertiary/aromatic N) is 2. The van der Waals surface area contributed by atoms with Gasteiger partial charge in [-0.25, -0.2) is 19.2 Å². The van der Waals surface area contributed by atoms with Gasteiger partial charge in [0, 0.05) is 63.2 Å². The van der Waals surface area contributed by atoms with E-state index in [1.165, 1.54) is 12.2 Å². The predicted molar refractivity (Wildman–Crippen MR) is 190 cm³/mol. The van der Waals surface area contributed by atoms with Crippen molar-refractivity contribution in [1.29, 1.82) is 0 Å². The molecule has 0 N–H and O–H groups in total. The van der Waals surface area contributed by atoms with E-state index in [4.69, 9.17) is 18.9 Å². The minimum atomic E-state index is -1.24. The van der Waals surface area contributed by atoms with Crippen LogP contribution in [0.15, 0.2) is 59.7 Å². The van der Waals surface area contributed by atoms with Gasteiger partial charge in [-0.05, 0) is 113 Å². The first-order valence-corrected chi connectivity index (χ1v) is 18.2. The Morgan fingerprint density at radius 1 is 0.520 bits per heavy atom. The minimum absolute atomic E-state index is 0.103. The summed E-state index contributed by atoms with van der Waals surface area (Å²) in [7, 11) is 0. The molecule has 2 saturated carbocycles. The van der Waals surface area contributed by atoms with Crippen molar-refractivity contribution < 1.29 is 38.1 Å². The first-order chi connectivity index (χ1) is 24.1. The van der Waals surface area contributed by atoms with Crippen molar-refractivity contribution in [3.05, 3.63) is 70.8 Å². The zero-order valence-electron chi connectivity index (χ0n) is 29.6. The van der Waals surface area contributed by atoms with Crippen LogP contribution in [0.1, 0.15) is 90.2 Å². The number of hydrogen-bond acceptors (Lipinski definition) is 10. The summed E-state index contributed by atoms with van der Waals surface area (Å²) >= 11 is 0. The molecule has 0 radical (unpaired) electrons. The van der Waals surface area contributed by atoms with E-state index in [-0.39, 0.29) is 11.1 Å². The highest BCUT2D eigenvalue weighted by Crippen LogP contribution is 2.48. The number of carbonyl (C=O) groups excluding carboxylic acids is 4. The number of anilines is 2. The largest absolute Gasteiger partial charge is 0.419 e. The van der Waals surface area contributed by atoms with E-state index in [1.54, 1.807) is 0 Å². The van der Waals surface area contributed by atoms with E-state index < -0.39 is 35.5 Å². The number of carbonyl (C=O) groups is 4. The highest BCUT2D eigenvalue weighted by molar-refractivity contribution is 6.19. The van der Waals surface area contributed by atoms with Gasteiger partial charge in [-0.3, -0.25) is 0 Å². The molecule has 2 aromatic rings. The zero-order valence-corrected chi connectivity index (χ0v) is 29.6. The first-order valence-electron chi connectivity index (χ1n) is 18.2. The molecule has 2 saturated heterocycles. The number of ether oxygens (including phenoxy) is 4. The van der Waals surface area contributed by atoms with Crippen LogP contribution in [-0.4, -0.2) is 61.6 Å². The normalized spacial score (nSPS) is 26.6. The van der Waals surface area contributed by atoms with E-state index in [0.29, 0.717) is 37.5 Å². The lowest BCUT2D eigenvalue weighted by Crippen LogP contribution is -2.51. The van der Waals surface area contributed by atoms with Crippen molar-refractivity contribution in [1.82, 2.24) is 0 Å². The van der Waals surface area contributed by atoms with Gasteiger partial charge in [-0.15, -0.1) is 0 Å². The fourth-order valence-corrected chi connectivity index (χ4v) is 7.92. The molecule has 0 aromatic heterocycles. The summed E-state index contributed by atoms with van der Waals surface area (Å²) in [4.78, 5) is 56.7. The maximum atomic E-state index is 13.1. The summed E-state index contributed by atoms with van der Waals surface area (Å²) in [6.07, 6.45) is 7.67. The number of benzene rings is 2. The number of hydrogen-bond donors (Lipinski definition) is 0. The highest BCUT2D eigenvalue weighted by Gasteiger charge is 2.52. The molecule has 2 aliphatic carbocycles. The second-order valence-corrected chi connectivity index (χ2v) is 13.7. The summed E-state index contributed by atoms with van der Waals surface area (Å²) in [5, 5.41) is 0. The maximum Gasteiger partial charge on any atom is 0.348 e. The van der Waals surface area contributed by atoms with Crippen molar-refractivity contribution in [3.8, 4) is 0 Å². The van der Waals surface area contributed by atoms with Crippen molar-refractivity contribution in [2.45, 2.75) is 90.6 Å². The van der Waals surface area contributed by atoms with Crippen LogP contribution in [0.5, 0.6) is 0 Å². The van der Waals surface area contributed by atoms with E-state index in [0.717, 1.165) is 74.4 Å². The second kappa shape index (κ2) is 14.7. The topological polar surface area (TPSA) is 112 Å². The third kappa shape index (κ3) is 7.30. The van der Waals surface area contributed by atoms with Crippen LogP contribution in [-0.2, 0) is 38.1 Å². The van der Waals surface area contributed by atoms with E-state index >= 15 is 0 Å². The Morgan fingerprint density at radius 3 is 1.06 bits per heavy atom. The molecule has 6 rings (SSSR count). The molecule has 0 unspecified atom stereocenters. The van der Waals surface area contributed by atoms with E-state index in [9.17, 15) is 19.2 Å². The molecule has 2 spiro atoms. The molecule has 266 valence electrons. The molecular weight excluding hydrogens is 636 g/mol. The summed E-state index contributed by atoms with van der Waals surface area (Å²) in [5.74, 6) is -4.46. The van der Waals surface area contributed by atoms with Gasteiger partial charge < -0.3 is 28.7 Å². The lowest BCUT2D eigenvalue weighted by molar-refractivity contribution is -0.255. The maximum absolute atomic E-state index is 13.1. The Hall–Kier alpha value is -4.60. The lowest BCUT2D eigenvalue weighted by atomic mass is 9.70.